The predicted octanol–water partition coefficient (Wildman–Crippen LogP) is 4.05. The Balaban J connectivity index is 1.49. The van der Waals surface area contributed by atoms with Crippen LogP contribution < -0.4 is 0 Å². The molecule has 0 bridgehead atoms. The molecule has 0 aliphatic carbocycles. The monoisotopic (exact) mass is 389 g/mol. The van der Waals surface area contributed by atoms with Crippen LogP contribution in [0.25, 0.3) is 0 Å². The van der Waals surface area contributed by atoms with Crippen molar-refractivity contribution in [1.82, 2.24) is 4.90 Å². The molecular formula is C21H21ClFNO3. The molecule has 2 saturated heterocycles. The van der Waals surface area contributed by atoms with Gasteiger partial charge in [-0.15, -0.1) is 0 Å². The molecule has 0 aromatic heterocycles. The molecular weight excluding hydrogens is 369 g/mol. The zero-order chi connectivity index (χ0) is 18.9. The number of halogens is 2. The van der Waals surface area contributed by atoms with E-state index in [1.54, 1.807) is 0 Å². The van der Waals surface area contributed by atoms with Crippen molar-refractivity contribution in [2.24, 2.45) is 0 Å². The van der Waals surface area contributed by atoms with Gasteiger partial charge in [0.1, 0.15) is 5.82 Å². The molecule has 0 amide bonds. The third-order valence-corrected chi connectivity index (χ3v) is 5.56. The van der Waals surface area contributed by atoms with Gasteiger partial charge in [-0.05, 0) is 23.8 Å². The predicted molar refractivity (Wildman–Crippen MR) is 100 cm³/mol. The van der Waals surface area contributed by atoms with Crippen molar-refractivity contribution in [2.45, 2.75) is 25.2 Å². The molecule has 2 aromatic carbocycles. The minimum Gasteiger partial charge on any atom is -0.347 e. The first-order valence-corrected chi connectivity index (χ1v) is 9.52. The molecule has 142 valence electrons. The van der Waals surface area contributed by atoms with Gasteiger partial charge in [0.25, 0.3) is 0 Å². The summed E-state index contributed by atoms with van der Waals surface area (Å²) in [6.07, 6.45) is 1.66. The molecule has 0 unspecified atom stereocenters. The van der Waals surface area contributed by atoms with E-state index in [1.165, 1.54) is 18.2 Å². The number of carbonyl (C=O) groups excluding carboxylic acids is 1. The molecule has 2 heterocycles. The van der Waals surface area contributed by atoms with Gasteiger partial charge in [0.15, 0.2) is 11.6 Å². The van der Waals surface area contributed by atoms with Gasteiger partial charge in [0.2, 0.25) is 0 Å². The van der Waals surface area contributed by atoms with E-state index in [9.17, 15) is 9.18 Å². The van der Waals surface area contributed by atoms with E-state index in [-0.39, 0.29) is 10.8 Å². The summed E-state index contributed by atoms with van der Waals surface area (Å²) in [5, 5.41) is -0.0452. The first kappa shape index (κ1) is 18.6. The summed E-state index contributed by atoms with van der Waals surface area (Å²) >= 11 is 5.84. The number of ether oxygens (including phenoxy) is 2. The van der Waals surface area contributed by atoms with E-state index in [2.05, 4.69) is 4.90 Å². The second kappa shape index (κ2) is 7.68. The van der Waals surface area contributed by atoms with Crippen molar-refractivity contribution in [3.8, 4) is 0 Å². The van der Waals surface area contributed by atoms with E-state index in [0.717, 1.165) is 31.5 Å². The fourth-order valence-electron chi connectivity index (χ4n) is 3.75. The van der Waals surface area contributed by atoms with Crippen molar-refractivity contribution < 1.29 is 18.7 Å². The summed E-state index contributed by atoms with van der Waals surface area (Å²) in [6, 6.07) is 11.6. The second-order valence-corrected chi connectivity index (χ2v) is 7.41. The van der Waals surface area contributed by atoms with Crippen LogP contribution in [0.2, 0.25) is 5.02 Å². The number of piperidine rings is 1. The fourth-order valence-corrected chi connectivity index (χ4v) is 3.93. The highest BCUT2D eigenvalue weighted by atomic mass is 35.5. The molecule has 27 heavy (non-hydrogen) atoms. The molecule has 0 radical (unpaired) electrons. The number of nitrogens with zero attached hydrogens (tertiary/aromatic N) is 1. The topological polar surface area (TPSA) is 38.8 Å². The standard InChI is InChI=1S/C21H21ClFNO3/c22-18-13-15(5-6-19(18)23)20(25)17-4-2-1-3-16(17)14-24-9-7-21(8-10-24)26-11-12-27-21/h1-6,13H,7-12,14H2. The van der Waals surface area contributed by atoms with Crippen LogP contribution in [-0.2, 0) is 16.0 Å². The van der Waals surface area contributed by atoms with Crippen LogP contribution in [0, 0.1) is 5.82 Å². The smallest absolute Gasteiger partial charge is 0.193 e. The number of hydrogen-bond acceptors (Lipinski definition) is 4. The van der Waals surface area contributed by atoms with E-state index in [4.69, 9.17) is 21.1 Å². The van der Waals surface area contributed by atoms with Gasteiger partial charge in [-0.3, -0.25) is 9.69 Å². The molecule has 0 saturated carbocycles. The Morgan fingerprint density at radius 3 is 2.52 bits per heavy atom. The molecule has 4 nitrogen and oxygen atoms in total. The molecule has 1 spiro atoms. The Hall–Kier alpha value is -1.79. The number of rotatable bonds is 4. The normalized spacial score (nSPS) is 19.5. The van der Waals surface area contributed by atoms with Gasteiger partial charge in [-0.2, -0.15) is 0 Å². The zero-order valence-corrected chi connectivity index (χ0v) is 15.7. The van der Waals surface area contributed by atoms with Gasteiger partial charge in [0.05, 0.1) is 18.2 Å². The summed E-state index contributed by atoms with van der Waals surface area (Å²) in [5.74, 6) is -1.08. The summed E-state index contributed by atoms with van der Waals surface area (Å²) in [4.78, 5) is 15.2. The van der Waals surface area contributed by atoms with Gasteiger partial charge >= 0.3 is 0 Å². The lowest BCUT2D eigenvalue weighted by molar-refractivity contribution is -0.185. The van der Waals surface area contributed by atoms with Gasteiger partial charge in [0, 0.05) is 43.6 Å². The highest BCUT2D eigenvalue weighted by Gasteiger charge is 2.39. The summed E-state index contributed by atoms with van der Waals surface area (Å²) < 4.78 is 25.0. The van der Waals surface area contributed by atoms with Crippen LogP contribution in [-0.4, -0.2) is 42.8 Å². The third-order valence-electron chi connectivity index (χ3n) is 5.27. The molecule has 2 aliphatic heterocycles. The van der Waals surface area contributed by atoms with E-state index >= 15 is 0 Å². The van der Waals surface area contributed by atoms with Crippen LogP contribution in [0.15, 0.2) is 42.5 Å². The molecule has 6 heteroatoms. The largest absolute Gasteiger partial charge is 0.347 e. The molecule has 4 rings (SSSR count). The van der Waals surface area contributed by atoms with Crippen molar-refractivity contribution in [3.63, 3.8) is 0 Å². The first-order valence-electron chi connectivity index (χ1n) is 9.14. The maximum Gasteiger partial charge on any atom is 0.193 e. The van der Waals surface area contributed by atoms with Gasteiger partial charge < -0.3 is 9.47 Å². The number of ketones is 1. The Kier molecular flexibility index (Phi) is 5.28. The summed E-state index contributed by atoms with van der Waals surface area (Å²) in [6.45, 7) is 3.71. The molecule has 2 aromatic rings. The minimum atomic E-state index is -0.528. The molecule has 0 atom stereocenters. The van der Waals surface area contributed by atoms with E-state index in [1.807, 2.05) is 24.3 Å². The average Bonchev–Trinajstić information content (AvgIpc) is 3.14. The maximum absolute atomic E-state index is 13.4. The average molecular weight is 390 g/mol. The number of carbonyl (C=O) groups is 1. The number of benzene rings is 2. The third kappa shape index (κ3) is 3.92. The lowest BCUT2D eigenvalue weighted by atomic mass is 9.97. The Labute approximate surface area is 162 Å². The Morgan fingerprint density at radius 2 is 1.81 bits per heavy atom. The van der Waals surface area contributed by atoms with Crippen LogP contribution in [0.3, 0.4) is 0 Å². The number of hydrogen-bond donors (Lipinski definition) is 0. The highest BCUT2D eigenvalue weighted by molar-refractivity contribution is 6.31. The SMILES string of the molecule is O=C(c1ccc(F)c(Cl)c1)c1ccccc1CN1CCC2(CC1)OCCO2. The zero-order valence-electron chi connectivity index (χ0n) is 14.9. The lowest BCUT2D eigenvalue weighted by Gasteiger charge is -2.37. The lowest BCUT2D eigenvalue weighted by Crippen LogP contribution is -2.44. The van der Waals surface area contributed by atoms with Crippen molar-refractivity contribution in [2.75, 3.05) is 26.3 Å². The van der Waals surface area contributed by atoms with Crippen molar-refractivity contribution in [3.05, 3.63) is 70.0 Å². The van der Waals surface area contributed by atoms with Crippen molar-refractivity contribution >= 4 is 17.4 Å². The van der Waals surface area contributed by atoms with Crippen molar-refractivity contribution in [1.29, 1.82) is 0 Å². The maximum atomic E-state index is 13.4. The quantitative estimate of drug-likeness (QED) is 0.739. The first-order chi connectivity index (χ1) is 13.1. The van der Waals surface area contributed by atoms with E-state index in [0.29, 0.717) is 30.9 Å². The Morgan fingerprint density at radius 1 is 1.11 bits per heavy atom. The van der Waals surface area contributed by atoms with Crippen LogP contribution >= 0.6 is 11.6 Å². The van der Waals surface area contributed by atoms with E-state index < -0.39 is 11.6 Å². The minimum absolute atomic E-state index is 0.0452. The van der Waals surface area contributed by atoms with Gasteiger partial charge in [-0.1, -0.05) is 35.9 Å². The summed E-state index contributed by atoms with van der Waals surface area (Å²) in [5.41, 5.74) is 1.96. The van der Waals surface area contributed by atoms with Crippen LogP contribution in [0.4, 0.5) is 4.39 Å². The molecule has 0 N–H and O–H groups in total. The fraction of sp³-hybridized carbons (Fsp3) is 0.381. The molecule has 2 aliphatic rings. The molecule has 2 fully saturated rings. The Bertz CT molecular complexity index is 841. The summed E-state index contributed by atoms with van der Waals surface area (Å²) in [7, 11) is 0. The van der Waals surface area contributed by atoms with Crippen LogP contribution in [0.5, 0.6) is 0 Å². The number of likely N-dealkylation sites (tertiary alicyclic amines) is 1. The van der Waals surface area contributed by atoms with Gasteiger partial charge in [-0.25, -0.2) is 4.39 Å². The highest BCUT2D eigenvalue weighted by Crippen LogP contribution is 2.32. The van der Waals surface area contributed by atoms with Crippen LogP contribution in [0.1, 0.15) is 34.3 Å². The second-order valence-electron chi connectivity index (χ2n) is 7.00.